The zero-order chi connectivity index (χ0) is 8.43. The second-order valence-corrected chi connectivity index (χ2v) is 2.72. The van der Waals surface area contributed by atoms with Crippen molar-refractivity contribution in [2.75, 3.05) is 20.2 Å². The van der Waals surface area contributed by atoms with E-state index in [0.29, 0.717) is 6.54 Å². The quantitative estimate of drug-likeness (QED) is 0.507. The number of rotatable bonds is 0. The van der Waals surface area contributed by atoms with Gasteiger partial charge in [-0.3, -0.25) is 4.79 Å². The molecule has 0 bridgehead atoms. The Labute approximate surface area is 65.1 Å². The molecule has 0 radical (unpaired) electrons. The number of methoxy groups -OCH3 is 1. The number of carbonyl (C=O) groups is 2. The van der Waals surface area contributed by atoms with Gasteiger partial charge < -0.3 is 9.64 Å². The number of nitrogens with zero attached hydrogens (tertiary/aromatic N) is 1. The zero-order valence-electron chi connectivity index (χ0n) is 6.66. The number of amides is 1. The smallest absolute Gasteiger partial charge is 0.409 e. The number of hydrogen-bond donors (Lipinski definition) is 0. The molecule has 1 heterocycles. The summed E-state index contributed by atoms with van der Waals surface area (Å²) < 4.78 is 4.47. The molecule has 0 aromatic carbocycles. The predicted octanol–water partition coefficient (Wildman–Crippen LogP) is 0.274. The van der Waals surface area contributed by atoms with Crippen LogP contribution in [0.3, 0.4) is 0 Å². The summed E-state index contributed by atoms with van der Waals surface area (Å²) in [7, 11) is 1.32. The zero-order valence-corrected chi connectivity index (χ0v) is 6.66. The molecule has 0 N–H and O–H groups in total. The fourth-order valence-corrected chi connectivity index (χ4v) is 1.11. The maximum atomic E-state index is 11.0. The molecule has 1 saturated heterocycles. The summed E-state index contributed by atoms with van der Waals surface area (Å²) >= 11 is 0. The van der Waals surface area contributed by atoms with Gasteiger partial charge in [0.1, 0.15) is 0 Å². The van der Waals surface area contributed by atoms with Gasteiger partial charge in [-0.1, -0.05) is 6.92 Å². The van der Waals surface area contributed by atoms with Crippen LogP contribution >= 0.6 is 0 Å². The molecule has 62 valence electrons. The van der Waals surface area contributed by atoms with Gasteiger partial charge in [0.15, 0.2) is 5.78 Å². The van der Waals surface area contributed by atoms with Crippen LogP contribution in [0.4, 0.5) is 4.79 Å². The molecule has 1 rings (SSSR count). The maximum absolute atomic E-state index is 11.0. The first-order valence-electron chi connectivity index (χ1n) is 3.50. The van der Waals surface area contributed by atoms with Crippen molar-refractivity contribution in [3.63, 3.8) is 0 Å². The minimum atomic E-state index is -0.414. The number of Topliss-reactive ketones (excluding diaryl/α,β-unsaturated/α-hetero) is 1. The van der Waals surface area contributed by atoms with Crippen LogP contribution in [0.1, 0.15) is 6.92 Å². The van der Waals surface area contributed by atoms with Gasteiger partial charge in [0.05, 0.1) is 13.7 Å². The lowest BCUT2D eigenvalue weighted by Gasteiger charge is -2.11. The largest absolute Gasteiger partial charge is 0.453 e. The Morgan fingerprint density at radius 1 is 1.73 bits per heavy atom. The first-order chi connectivity index (χ1) is 5.15. The second kappa shape index (κ2) is 2.90. The van der Waals surface area contributed by atoms with Crippen molar-refractivity contribution in [1.82, 2.24) is 4.90 Å². The monoisotopic (exact) mass is 157 g/mol. The molecule has 4 nitrogen and oxygen atoms in total. The minimum absolute atomic E-state index is 0.0332. The highest BCUT2D eigenvalue weighted by Crippen LogP contribution is 2.11. The number of ether oxygens (including phenoxy) is 1. The van der Waals surface area contributed by atoms with E-state index in [9.17, 15) is 9.59 Å². The normalized spacial score (nSPS) is 24.0. The fraction of sp³-hybridized carbons (Fsp3) is 0.714. The summed E-state index contributed by atoms with van der Waals surface area (Å²) in [6, 6.07) is 0. The molecule has 1 aliphatic heterocycles. The molecule has 1 aliphatic rings. The Morgan fingerprint density at radius 3 is 2.73 bits per heavy atom. The van der Waals surface area contributed by atoms with E-state index in [4.69, 9.17) is 0 Å². The molecule has 1 amide bonds. The third-order valence-electron chi connectivity index (χ3n) is 1.82. The number of ketones is 1. The van der Waals surface area contributed by atoms with Crippen LogP contribution < -0.4 is 0 Å². The van der Waals surface area contributed by atoms with Gasteiger partial charge >= 0.3 is 6.09 Å². The molecule has 0 aromatic heterocycles. The molecule has 1 fully saturated rings. The highest BCUT2D eigenvalue weighted by atomic mass is 16.5. The molecule has 1 unspecified atom stereocenters. The summed E-state index contributed by atoms with van der Waals surface area (Å²) in [6.07, 6.45) is -0.414. The van der Waals surface area contributed by atoms with Crippen LogP contribution in [0.5, 0.6) is 0 Å². The number of carbonyl (C=O) groups excluding carboxylic acids is 2. The van der Waals surface area contributed by atoms with Crippen LogP contribution in [0.2, 0.25) is 0 Å². The molecule has 4 heteroatoms. The van der Waals surface area contributed by atoms with Crippen LogP contribution in [0, 0.1) is 5.92 Å². The number of likely N-dealkylation sites (tertiary alicyclic amines) is 1. The van der Waals surface area contributed by atoms with Gasteiger partial charge in [0.25, 0.3) is 0 Å². The van der Waals surface area contributed by atoms with E-state index in [1.807, 2.05) is 6.92 Å². The molecule has 0 spiro atoms. The van der Waals surface area contributed by atoms with Crippen molar-refractivity contribution in [1.29, 1.82) is 0 Å². The molecule has 11 heavy (non-hydrogen) atoms. The van der Waals surface area contributed by atoms with Gasteiger partial charge in [0, 0.05) is 12.5 Å². The van der Waals surface area contributed by atoms with E-state index >= 15 is 0 Å². The minimum Gasteiger partial charge on any atom is -0.453 e. The third-order valence-corrected chi connectivity index (χ3v) is 1.82. The van der Waals surface area contributed by atoms with Gasteiger partial charge in [-0.2, -0.15) is 0 Å². The molecule has 1 atom stereocenters. The van der Waals surface area contributed by atoms with Crippen molar-refractivity contribution in [2.45, 2.75) is 6.92 Å². The highest BCUT2D eigenvalue weighted by molar-refractivity contribution is 5.89. The first kappa shape index (κ1) is 8.04. The van der Waals surface area contributed by atoms with Gasteiger partial charge in [-0.25, -0.2) is 4.79 Å². The molecular weight excluding hydrogens is 146 g/mol. The topological polar surface area (TPSA) is 46.6 Å². The third kappa shape index (κ3) is 1.50. The molecule has 0 saturated carbocycles. The van der Waals surface area contributed by atoms with Crippen molar-refractivity contribution >= 4 is 11.9 Å². The molecule has 0 aliphatic carbocycles. The van der Waals surface area contributed by atoms with E-state index in [0.717, 1.165) is 0 Å². The Kier molecular flexibility index (Phi) is 2.12. The lowest BCUT2D eigenvalue weighted by atomic mass is 10.1. The van der Waals surface area contributed by atoms with Crippen LogP contribution in [0.25, 0.3) is 0 Å². The van der Waals surface area contributed by atoms with E-state index in [-0.39, 0.29) is 18.2 Å². The Balaban J connectivity index is 2.53. The fourth-order valence-electron chi connectivity index (χ4n) is 1.11. The standard InChI is InChI=1S/C7H11NO3/c1-5-3-8(4-6(5)9)7(10)11-2/h5H,3-4H2,1-2H3. The summed E-state index contributed by atoms with van der Waals surface area (Å²) in [5.74, 6) is 0.0736. The lowest BCUT2D eigenvalue weighted by molar-refractivity contribution is -0.119. The van der Waals surface area contributed by atoms with Gasteiger partial charge in [-0.15, -0.1) is 0 Å². The van der Waals surface area contributed by atoms with Gasteiger partial charge in [0.2, 0.25) is 0 Å². The van der Waals surface area contributed by atoms with Crippen molar-refractivity contribution in [3.8, 4) is 0 Å². The molecular formula is C7H11NO3. The SMILES string of the molecule is COC(=O)N1CC(=O)C(C)C1. The van der Waals surface area contributed by atoms with Crippen LogP contribution in [0.15, 0.2) is 0 Å². The van der Waals surface area contributed by atoms with E-state index < -0.39 is 6.09 Å². The van der Waals surface area contributed by atoms with Crippen LogP contribution in [-0.2, 0) is 9.53 Å². The van der Waals surface area contributed by atoms with Crippen LogP contribution in [-0.4, -0.2) is 37.0 Å². The average Bonchev–Trinajstić information content (AvgIpc) is 2.31. The maximum Gasteiger partial charge on any atom is 0.409 e. The van der Waals surface area contributed by atoms with Crippen molar-refractivity contribution < 1.29 is 14.3 Å². The van der Waals surface area contributed by atoms with E-state index in [2.05, 4.69) is 4.74 Å². The van der Waals surface area contributed by atoms with E-state index in [1.54, 1.807) is 0 Å². The summed E-state index contributed by atoms with van der Waals surface area (Å²) in [4.78, 5) is 23.2. The Bertz CT molecular complexity index is 190. The van der Waals surface area contributed by atoms with Gasteiger partial charge in [-0.05, 0) is 0 Å². The summed E-state index contributed by atoms with van der Waals surface area (Å²) in [5.41, 5.74) is 0. The van der Waals surface area contributed by atoms with Crippen molar-refractivity contribution in [2.24, 2.45) is 5.92 Å². The summed E-state index contributed by atoms with van der Waals surface area (Å²) in [6.45, 7) is 2.50. The highest BCUT2D eigenvalue weighted by Gasteiger charge is 2.30. The average molecular weight is 157 g/mol. The summed E-state index contributed by atoms with van der Waals surface area (Å²) in [5, 5.41) is 0. The lowest BCUT2D eigenvalue weighted by Crippen LogP contribution is -2.28. The van der Waals surface area contributed by atoms with Crippen molar-refractivity contribution in [3.05, 3.63) is 0 Å². The van der Waals surface area contributed by atoms with E-state index in [1.165, 1.54) is 12.0 Å². The Hall–Kier alpha value is -1.06. The predicted molar refractivity (Wildman–Crippen MR) is 38.1 cm³/mol. The Morgan fingerprint density at radius 2 is 2.36 bits per heavy atom. The second-order valence-electron chi connectivity index (χ2n) is 2.72. The first-order valence-corrected chi connectivity index (χ1v) is 3.50. The molecule has 0 aromatic rings. The number of hydrogen-bond acceptors (Lipinski definition) is 3.